The van der Waals surface area contributed by atoms with Crippen molar-refractivity contribution in [1.29, 1.82) is 0 Å². The van der Waals surface area contributed by atoms with Crippen LogP contribution in [-0.4, -0.2) is 9.97 Å². The molecule has 1 unspecified atom stereocenters. The Morgan fingerprint density at radius 2 is 1.44 bits per heavy atom. The van der Waals surface area contributed by atoms with E-state index in [4.69, 9.17) is 27.8 Å². The predicted octanol–water partition coefficient (Wildman–Crippen LogP) is 5.68. The molecule has 13 heteroatoms. The highest BCUT2D eigenvalue weighted by Gasteiger charge is 2.43. The molecule has 0 spiro atoms. The maximum Gasteiger partial charge on any atom is 0.422 e. The number of halogens is 8. The van der Waals surface area contributed by atoms with Crippen molar-refractivity contribution >= 4 is 23.4 Å². The second kappa shape index (κ2) is 8.34. The number of anilines is 2. The number of hydrogen-bond donors (Lipinski definition) is 2. The van der Waals surface area contributed by atoms with E-state index in [2.05, 4.69) is 9.97 Å². The van der Waals surface area contributed by atoms with Crippen LogP contribution < -0.4 is 16.2 Å². The number of rotatable bonds is 4. The molecule has 0 fully saturated rings. The van der Waals surface area contributed by atoms with E-state index in [0.29, 0.717) is 10.6 Å². The van der Waals surface area contributed by atoms with Gasteiger partial charge in [-0.05, 0) is 24.6 Å². The smallest absolute Gasteiger partial charge is 0.422 e. The molecule has 0 bridgehead atoms. The molecule has 0 aliphatic rings. The van der Waals surface area contributed by atoms with Crippen LogP contribution in [-0.2, 0) is 6.18 Å². The van der Waals surface area contributed by atoms with E-state index in [1.807, 2.05) is 0 Å². The van der Waals surface area contributed by atoms with E-state index >= 15 is 0 Å². The normalized spacial score (nSPS) is 12.7. The molecule has 3 rings (SSSR count). The maximum absolute atomic E-state index is 14.2. The molecule has 0 aliphatic carbocycles. The van der Waals surface area contributed by atoms with E-state index in [-0.39, 0.29) is 23.0 Å². The van der Waals surface area contributed by atoms with Gasteiger partial charge in [0, 0.05) is 10.6 Å². The van der Waals surface area contributed by atoms with Crippen LogP contribution in [0, 0.1) is 23.3 Å². The van der Waals surface area contributed by atoms with Crippen LogP contribution in [0.25, 0.3) is 11.1 Å². The molecular weight excluding hydrogens is 469 g/mol. The highest BCUT2D eigenvalue weighted by Crippen LogP contribution is 2.41. The Bertz CT molecular complexity index is 1160. The fourth-order valence-corrected chi connectivity index (χ4v) is 3.04. The third kappa shape index (κ3) is 4.22. The number of ether oxygens (including phenoxy) is 1. The zero-order chi connectivity index (χ0) is 24.0. The fourth-order valence-electron chi connectivity index (χ4n) is 2.92. The van der Waals surface area contributed by atoms with E-state index in [1.54, 1.807) is 0 Å². The monoisotopic (exact) mass is 480 g/mol. The summed E-state index contributed by atoms with van der Waals surface area (Å²) < 4.78 is 99.6. The Morgan fingerprint density at radius 1 is 0.906 bits per heavy atom. The van der Waals surface area contributed by atoms with Gasteiger partial charge in [0.1, 0.15) is 17.5 Å². The summed E-state index contributed by atoms with van der Waals surface area (Å²) in [6.45, 7) is 1.16. The number of nitrogens with two attached hydrogens (primary N) is 2. The molecule has 1 atom stereocenters. The fraction of sp³-hybridized carbons (Fsp3) is 0.158. The summed E-state index contributed by atoms with van der Waals surface area (Å²) >= 11 is 5.84. The Labute approximate surface area is 180 Å². The third-order valence-corrected chi connectivity index (χ3v) is 4.55. The van der Waals surface area contributed by atoms with E-state index in [1.165, 1.54) is 24.3 Å². The van der Waals surface area contributed by atoms with E-state index in [9.17, 15) is 30.7 Å². The molecule has 1 aromatic heterocycles. The summed E-state index contributed by atoms with van der Waals surface area (Å²) in [5, 5.41) is 0.370. The number of hydrogen-bond acceptors (Lipinski definition) is 5. The first-order valence-corrected chi connectivity index (χ1v) is 8.99. The van der Waals surface area contributed by atoms with Gasteiger partial charge in [0.15, 0.2) is 17.4 Å². The van der Waals surface area contributed by atoms with Gasteiger partial charge in [0.25, 0.3) is 0 Å². The van der Waals surface area contributed by atoms with Gasteiger partial charge in [-0.15, -0.1) is 0 Å². The van der Waals surface area contributed by atoms with Gasteiger partial charge in [-0.3, -0.25) is 0 Å². The summed E-state index contributed by atoms with van der Waals surface area (Å²) in [4.78, 5) is 7.69. The van der Waals surface area contributed by atoms with Crippen molar-refractivity contribution in [3.8, 4) is 16.9 Å². The zero-order valence-electron chi connectivity index (χ0n) is 15.9. The third-order valence-electron chi connectivity index (χ3n) is 4.30. The Kier molecular flexibility index (Phi) is 6.09. The molecule has 0 radical (unpaired) electrons. The summed E-state index contributed by atoms with van der Waals surface area (Å²) in [6.07, 6.45) is -7.18. The van der Waals surface area contributed by atoms with Crippen molar-refractivity contribution in [3.63, 3.8) is 0 Å². The minimum absolute atomic E-state index is 0.0945. The van der Waals surface area contributed by atoms with E-state index < -0.39 is 46.9 Å². The van der Waals surface area contributed by atoms with Crippen LogP contribution in [0.2, 0.25) is 5.02 Å². The molecule has 0 saturated carbocycles. The minimum Gasteiger partial charge on any atom is -0.478 e. The first-order chi connectivity index (χ1) is 14.8. The summed E-state index contributed by atoms with van der Waals surface area (Å²) in [7, 11) is 0. The SMILES string of the molecule is CC(Oc1c(F)c(F)c(C(F)(F)F)c(F)c1F)c1nc(N)nc(N)c1-c1ccc(Cl)cc1. The average molecular weight is 481 g/mol. The predicted molar refractivity (Wildman–Crippen MR) is 102 cm³/mol. The van der Waals surface area contributed by atoms with E-state index in [0.717, 1.165) is 6.92 Å². The number of benzene rings is 2. The number of alkyl halides is 3. The van der Waals surface area contributed by atoms with Gasteiger partial charge < -0.3 is 16.2 Å². The molecule has 2 aromatic carbocycles. The lowest BCUT2D eigenvalue weighted by Gasteiger charge is -2.21. The number of nitrogen functional groups attached to an aromatic ring is 2. The molecule has 5 nitrogen and oxygen atoms in total. The molecule has 32 heavy (non-hydrogen) atoms. The van der Waals surface area contributed by atoms with Crippen LogP contribution in [0.1, 0.15) is 24.3 Å². The van der Waals surface area contributed by atoms with Crippen LogP contribution in [0.3, 0.4) is 0 Å². The van der Waals surface area contributed by atoms with Crippen LogP contribution in [0.5, 0.6) is 5.75 Å². The van der Waals surface area contributed by atoms with Crippen molar-refractivity contribution in [3.05, 3.63) is 63.8 Å². The molecule has 3 aromatic rings. The molecule has 0 amide bonds. The van der Waals surface area contributed by atoms with Gasteiger partial charge >= 0.3 is 6.18 Å². The topological polar surface area (TPSA) is 87.0 Å². The van der Waals surface area contributed by atoms with Gasteiger partial charge in [-0.25, -0.2) is 13.8 Å². The Balaban J connectivity index is 2.13. The molecule has 0 saturated heterocycles. The Morgan fingerprint density at radius 3 is 1.94 bits per heavy atom. The van der Waals surface area contributed by atoms with Crippen molar-refractivity contribution in [2.24, 2.45) is 0 Å². The molecule has 1 heterocycles. The van der Waals surface area contributed by atoms with Gasteiger partial charge in [0.05, 0.1) is 5.69 Å². The molecule has 0 aliphatic heterocycles. The second-order valence-electron chi connectivity index (χ2n) is 6.45. The van der Waals surface area contributed by atoms with Gasteiger partial charge in [-0.1, -0.05) is 23.7 Å². The minimum atomic E-state index is -5.68. The highest BCUT2D eigenvalue weighted by atomic mass is 35.5. The van der Waals surface area contributed by atoms with Gasteiger partial charge in [0.2, 0.25) is 17.6 Å². The summed E-state index contributed by atoms with van der Waals surface area (Å²) in [5.41, 5.74) is 9.05. The van der Waals surface area contributed by atoms with Crippen molar-refractivity contribution < 1.29 is 35.5 Å². The number of nitrogens with zero attached hydrogens (tertiary/aromatic N) is 2. The van der Waals surface area contributed by atoms with Crippen molar-refractivity contribution in [2.75, 3.05) is 11.5 Å². The lowest BCUT2D eigenvalue weighted by atomic mass is 10.0. The van der Waals surface area contributed by atoms with Gasteiger partial charge in [-0.2, -0.15) is 26.9 Å². The molecular formula is C19H12ClF7N4O. The van der Waals surface area contributed by atoms with Crippen LogP contribution in [0.15, 0.2) is 24.3 Å². The standard InChI is InChI=1S/C19H12ClF7N4O/c1-6(32-16-13(23)11(21)10(19(25,26)27)12(22)14(16)24)15-9(17(28)31-18(29)30-15)7-2-4-8(20)5-3-7/h2-6H,1H3,(H4,28,29,30,31). The molecule has 170 valence electrons. The quantitative estimate of drug-likeness (QED) is 0.371. The highest BCUT2D eigenvalue weighted by molar-refractivity contribution is 6.30. The zero-order valence-corrected chi connectivity index (χ0v) is 16.6. The van der Waals surface area contributed by atoms with Crippen LogP contribution >= 0.6 is 11.6 Å². The molecule has 4 N–H and O–H groups in total. The first-order valence-electron chi connectivity index (χ1n) is 8.61. The Hall–Kier alpha value is -3.28. The summed E-state index contributed by atoms with van der Waals surface area (Å²) in [5.74, 6) is -12.3. The lowest BCUT2D eigenvalue weighted by Crippen LogP contribution is -2.18. The summed E-state index contributed by atoms with van der Waals surface area (Å²) in [6, 6.07) is 5.98. The largest absolute Gasteiger partial charge is 0.478 e. The first kappa shape index (κ1) is 23.4. The lowest BCUT2D eigenvalue weighted by molar-refractivity contribution is -0.143. The average Bonchev–Trinajstić information content (AvgIpc) is 2.69. The van der Waals surface area contributed by atoms with Crippen LogP contribution in [0.4, 0.5) is 42.5 Å². The van der Waals surface area contributed by atoms with Crippen molar-refractivity contribution in [1.82, 2.24) is 9.97 Å². The maximum atomic E-state index is 14.2. The second-order valence-corrected chi connectivity index (χ2v) is 6.89. The number of aromatic nitrogens is 2. The van der Waals surface area contributed by atoms with Crippen molar-refractivity contribution in [2.45, 2.75) is 19.2 Å².